The van der Waals surface area contributed by atoms with E-state index in [1.807, 2.05) is 18.3 Å². The summed E-state index contributed by atoms with van der Waals surface area (Å²) in [6.45, 7) is 2.13. The Kier molecular flexibility index (Phi) is 4.92. The van der Waals surface area contributed by atoms with E-state index in [1.54, 1.807) is 18.4 Å². The first kappa shape index (κ1) is 14.7. The summed E-state index contributed by atoms with van der Waals surface area (Å²) in [6, 6.07) is 8.20. The average molecular weight is 342 g/mol. The SMILES string of the molecule is C[C@H]([NH2+]CC(=O)Nc1ccc(Br)cc1F)c1ccco1. The largest absolute Gasteiger partial charge is 0.463 e. The molecule has 20 heavy (non-hydrogen) atoms. The summed E-state index contributed by atoms with van der Waals surface area (Å²) in [5, 5.41) is 4.37. The van der Waals surface area contributed by atoms with Crippen LogP contribution < -0.4 is 10.6 Å². The molecule has 0 saturated heterocycles. The predicted octanol–water partition coefficient (Wildman–Crippen LogP) is 2.44. The van der Waals surface area contributed by atoms with Crippen LogP contribution in [0.25, 0.3) is 0 Å². The Morgan fingerprint density at radius 3 is 2.95 bits per heavy atom. The number of halogens is 2. The highest BCUT2D eigenvalue weighted by Crippen LogP contribution is 2.19. The first-order chi connectivity index (χ1) is 9.56. The lowest BCUT2D eigenvalue weighted by molar-refractivity contribution is -0.684. The molecule has 6 heteroatoms. The number of hydrogen-bond acceptors (Lipinski definition) is 2. The third kappa shape index (κ3) is 3.91. The third-order valence-corrected chi connectivity index (χ3v) is 3.35. The normalized spacial score (nSPS) is 12.2. The Balaban J connectivity index is 1.86. The summed E-state index contributed by atoms with van der Waals surface area (Å²) < 4.78 is 19.4. The van der Waals surface area contributed by atoms with Gasteiger partial charge in [-0.1, -0.05) is 15.9 Å². The highest BCUT2D eigenvalue weighted by molar-refractivity contribution is 9.10. The number of carbonyl (C=O) groups is 1. The number of furan rings is 1. The van der Waals surface area contributed by atoms with Crippen molar-refractivity contribution in [3.63, 3.8) is 0 Å². The molecule has 0 spiro atoms. The minimum atomic E-state index is -0.466. The number of amides is 1. The Bertz CT molecular complexity index is 587. The van der Waals surface area contributed by atoms with Crippen LogP contribution in [0.2, 0.25) is 0 Å². The molecule has 0 aliphatic carbocycles. The molecule has 0 aliphatic heterocycles. The van der Waals surface area contributed by atoms with Gasteiger partial charge in [-0.05, 0) is 37.3 Å². The van der Waals surface area contributed by atoms with Gasteiger partial charge in [0.2, 0.25) is 0 Å². The van der Waals surface area contributed by atoms with Crippen molar-refractivity contribution in [3.8, 4) is 0 Å². The second kappa shape index (κ2) is 6.67. The molecule has 1 amide bonds. The van der Waals surface area contributed by atoms with E-state index < -0.39 is 5.82 Å². The van der Waals surface area contributed by atoms with Crippen molar-refractivity contribution in [2.45, 2.75) is 13.0 Å². The molecule has 0 unspecified atom stereocenters. The van der Waals surface area contributed by atoms with E-state index in [2.05, 4.69) is 21.2 Å². The smallest absolute Gasteiger partial charge is 0.279 e. The molecule has 1 aromatic heterocycles. The molecule has 0 saturated carbocycles. The summed E-state index contributed by atoms with van der Waals surface area (Å²) in [5.74, 6) is 0.0732. The molecule has 0 aliphatic rings. The van der Waals surface area contributed by atoms with Gasteiger partial charge in [-0.2, -0.15) is 0 Å². The standard InChI is InChI=1S/C14H14BrFN2O2/c1-9(13-3-2-6-20-13)17-8-14(19)18-12-5-4-10(15)7-11(12)16/h2-7,9,17H,8H2,1H3,(H,18,19)/p+1/t9-/m0/s1. The molecule has 1 heterocycles. The molecule has 1 aromatic carbocycles. The molecule has 0 radical (unpaired) electrons. The maximum atomic E-state index is 13.6. The molecule has 0 fully saturated rings. The van der Waals surface area contributed by atoms with Crippen LogP contribution in [0.3, 0.4) is 0 Å². The second-order valence-electron chi connectivity index (χ2n) is 4.42. The van der Waals surface area contributed by atoms with Crippen LogP contribution in [0.4, 0.5) is 10.1 Å². The van der Waals surface area contributed by atoms with Crippen LogP contribution in [0, 0.1) is 5.82 Å². The van der Waals surface area contributed by atoms with Gasteiger partial charge >= 0.3 is 0 Å². The van der Waals surface area contributed by atoms with E-state index in [0.29, 0.717) is 4.47 Å². The first-order valence-corrected chi connectivity index (χ1v) is 6.97. The van der Waals surface area contributed by atoms with Crippen LogP contribution in [0.1, 0.15) is 18.7 Å². The molecular weight excluding hydrogens is 327 g/mol. The predicted molar refractivity (Wildman–Crippen MR) is 76.6 cm³/mol. The van der Waals surface area contributed by atoms with Crippen molar-refractivity contribution in [3.05, 3.63) is 52.6 Å². The minimum absolute atomic E-state index is 0.0329. The van der Waals surface area contributed by atoms with E-state index in [-0.39, 0.29) is 24.2 Å². The van der Waals surface area contributed by atoms with Crippen molar-refractivity contribution < 1.29 is 18.9 Å². The highest BCUT2D eigenvalue weighted by Gasteiger charge is 2.14. The van der Waals surface area contributed by atoms with E-state index in [0.717, 1.165) is 5.76 Å². The van der Waals surface area contributed by atoms with Gasteiger partial charge in [-0.15, -0.1) is 0 Å². The fourth-order valence-corrected chi connectivity index (χ4v) is 2.08. The Morgan fingerprint density at radius 2 is 2.30 bits per heavy atom. The van der Waals surface area contributed by atoms with Crippen molar-refractivity contribution in [1.82, 2.24) is 0 Å². The fraction of sp³-hybridized carbons (Fsp3) is 0.214. The van der Waals surface area contributed by atoms with Gasteiger partial charge in [0.25, 0.3) is 5.91 Å². The molecule has 2 rings (SSSR count). The Labute approximate surface area is 124 Å². The first-order valence-electron chi connectivity index (χ1n) is 6.18. The summed E-state index contributed by atoms with van der Waals surface area (Å²) in [5.41, 5.74) is 0.178. The Morgan fingerprint density at radius 1 is 1.50 bits per heavy atom. The summed E-state index contributed by atoms with van der Waals surface area (Å²) >= 11 is 3.17. The number of benzene rings is 1. The third-order valence-electron chi connectivity index (χ3n) is 2.85. The van der Waals surface area contributed by atoms with Crippen LogP contribution in [0.15, 0.2) is 45.5 Å². The molecule has 1 atom stereocenters. The topological polar surface area (TPSA) is 58.9 Å². The van der Waals surface area contributed by atoms with Gasteiger partial charge in [-0.3, -0.25) is 4.79 Å². The molecule has 0 bridgehead atoms. The number of carbonyl (C=O) groups excluding carboxylic acids is 1. The zero-order valence-corrected chi connectivity index (χ0v) is 12.5. The van der Waals surface area contributed by atoms with Crippen molar-refractivity contribution in [2.24, 2.45) is 0 Å². The van der Waals surface area contributed by atoms with Crippen molar-refractivity contribution in [2.75, 3.05) is 11.9 Å². The number of nitrogens with two attached hydrogens (primary N) is 1. The van der Waals surface area contributed by atoms with Crippen LogP contribution in [-0.2, 0) is 4.79 Å². The number of hydrogen-bond donors (Lipinski definition) is 2. The lowest BCUT2D eigenvalue weighted by Crippen LogP contribution is -2.86. The van der Waals surface area contributed by atoms with E-state index in [9.17, 15) is 9.18 Å². The number of anilines is 1. The molecule has 106 valence electrons. The van der Waals surface area contributed by atoms with Crippen LogP contribution in [-0.4, -0.2) is 12.5 Å². The molecule has 3 N–H and O–H groups in total. The monoisotopic (exact) mass is 341 g/mol. The zero-order valence-electron chi connectivity index (χ0n) is 10.9. The average Bonchev–Trinajstić information content (AvgIpc) is 2.93. The summed E-state index contributed by atoms with van der Waals surface area (Å²) in [6.07, 6.45) is 1.59. The van der Waals surface area contributed by atoms with Gasteiger partial charge in [-0.25, -0.2) is 4.39 Å². The minimum Gasteiger partial charge on any atom is -0.463 e. The summed E-state index contributed by atoms with van der Waals surface area (Å²) in [7, 11) is 0. The van der Waals surface area contributed by atoms with Crippen LogP contribution in [0.5, 0.6) is 0 Å². The van der Waals surface area contributed by atoms with E-state index in [4.69, 9.17) is 4.42 Å². The second-order valence-corrected chi connectivity index (χ2v) is 5.33. The van der Waals surface area contributed by atoms with Gasteiger partial charge in [0, 0.05) is 4.47 Å². The maximum Gasteiger partial charge on any atom is 0.279 e. The molecule has 2 aromatic rings. The zero-order chi connectivity index (χ0) is 14.5. The van der Waals surface area contributed by atoms with Gasteiger partial charge in [0.15, 0.2) is 12.3 Å². The van der Waals surface area contributed by atoms with Crippen molar-refractivity contribution in [1.29, 1.82) is 0 Å². The fourth-order valence-electron chi connectivity index (χ4n) is 1.74. The van der Waals surface area contributed by atoms with Gasteiger partial charge in [0.1, 0.15) is 11.9 Å². The van der Waals surface area contributed by atoms with Gasteiger partial charge < -0.3 is 15.1 Å². The van der Waals surface area contributed by atoms with E-state index in [1.165, 1.54) is 12.1 Å². The van der Waals surface area contributed by atoms with Crippen molar-refractivity contribution >= 4 is 27.5 Å². The van der Waals surface area contributed by atoms with Crippen LogP contribution >= 0.6 is 15.9 Å². The molecular formula is C14H15BrFN2O2+. The quantitative estimate of drug-likeness (QED) is 0.877. The lowest BCUT2D eigenvalue weighted by Gasteiger charge is -2.09. The lowest BCUT2D eigenvalue weighted by atomic mass is 10.2. The maximum absolute atomic E-state index is 13.6. The summed E-state index contributed by atoms with van der Waals surface area (Å²) in [4.78, 5) is 11.8. The van der Waals surface area contributed by atoms with E-state index >= 15 is 0 Å². The number of quaternary nitrogens is 1. The van der Waals surface area contributed by atoms with Gasteiger partial charge in [0.05, 0.1) is 12.0 Å². The number of nitrogens with one attached hydrogen (secondary N) is 1. The number of rotatable bonds is 5. The highest BCUT2D eigenvalue weighted by atomic mass is 79.9. The molecule has 4 nitrogen and oxygen atoms in total. The Hall–Kier alpha value is -1.66.